The Labute approximate surface area is 94.7 Å². The predicted molar refractivity (Wildman–Crippen MR) is 65.0 cm³/mol. The summed E-state index contributed by atoms with van der Waals surface area (Å²) < 4.78 is 0. The molecule has 1 aliphatic rings. The van der Waals surface area contributed by atoms with Crippen LogP contribution in [0.25, 0.3) is 0 Å². The van der Waals surface area contributed by atoms with Crippen LogP contribution >= 0.6 is 0 Å². The highest BCUT2D eigenvalue weighted by atomic mass is 16.3. The normalized spacial score (nSPS) is 24.0. The molecular formula is C13H27NO. The van der Waals surface area contributed by atoms with E-state index in [9.17, 15) is 5.11 Å². The number of hydrogen-bond acceptors (Lipinski definition) is 2. The zero-order valence-electron chi connectivity index (χ0n) is 10.6. The smallest absolute Gasteiger partial charge is 0.0690 e. The van der Waals surface area contributed by atoms with Gasteiger partial charge in [0.25, 0.3) is 0 Å². The van der Waals surface area contributed by atoms with E-state index in [0.29, 0.717) is 6.04 Å². The second kappa shape index (κ2) is 6.49. The van der Waals surface area contributed by atoms with Gasteiger partial charge < -0.3 is 5.11 Å². The van der Waals surface area contributed by atoms with E-state index in [2.05, 4.69) is 25.7 Å². The molecule has 0 amide bonds. The van der Waals surface area contributed by atoms with Crippen LogP contribution in [0, 0.1) is 5.92 Å². The van der Waals surface area contributed by atoms with Crippen LogP contribution in [0.1, 0.15) is 52.9 Å². The monoisotopic (exact) mass is 213 g/mol. The Morgan fingerprint density at radius 3 is 2.33 bits per heavy atom. The quantitative estimate of drug-likeness (QED) is 0.759. The van der Waals surface area contributed by atoms with Gasteiger partial charge in [-0.2, -0.15) is 0 Å². The van der Waals surface area contributed by atoms with Crippen LogP contribution in [0.4, 0.5) is 0 Å². The molecule has 2 atom stereocenters. The molecule has 0 aromatic heterocycles. The third kappa shape index (κ3) is 3.76. The highest BCUT2D eigenvalue weighted by Gasteiger charge is 2.25. The van der Waals surface area contributed by atoms with Gasteiger partial charge in [0, 0.05) is 6.04 Å². The topological polar surface area (TPSA) is 23.5 Å². The van der Waals surface area contributed by atoms with E-state index in [4.69, 9.17) is 0 Å². The zero-order valence-corrected chi connectivity index (χ0v) is 10.6. The van der Waals surface area contributed by atoms with Crippen molar-refractivity contribution in [2.75, 3.05) is 13.1 Å². The Balaban J connectivity index is 2.30. The van der Waals surface area contributed by atoms with Gasteiger partial charge in [-0.3, -0.25) is 4.90 Å². The summed E-state index contributed by atoms with van der Waals surface area (Å²) in [5.74, 6) is 0.942. The number of likely N-dealkylation sites (tertiary alicyclic amines) is 1. The van der Waals surface area contributed by atoms with Crippen molar-refractivity contribution in [1.29, 1.82) is 0 Å². The molecule has 1 heterocycles. The minimum Gasteiger partial charge on any atom is -0.392 e. The number of nitrogens with zero attached hydrogens (tertiary/aromatic N) is 1. The Morgan fingerprint density at radius 2 is 1.87 bits per heavy atom. The van der Waals surface area contributed by atoms with Crippen molar-refractivity contribution in [2.24, 2.45) is 5.92 Å². The largest absolute Gasteiger partial charge is 0.392 e. The second-order valence-electron chi connectivity index (χ2n) is 4.98. The molecule has 2 unspecified atom stereocenters. The maximum atomic E-state index is 9.81. The van der Waals surface area contributed by atoms with E-state index < -0.39 is 0 Å². The van der Waals surface area contributed by atoms with Crippen LogP contribution in [0.3, 0.4) is 0 Å². The van der Waals surface area contributed by atoms with Gasteiger partial charge in [0.1, 0.15) is 0 Å². The third-order valence-electron chi connectivity index (χ3n) is 3.90. The lowest BCUT2D eigenvalue weighted by atomic mass is 9.91. The van der Waals surface area contributed by atoms with E-state index in [-0.39, 0.29) is 6.10 Å². The van der Waals surface area contributed by atoms with Gasteiger partial charge in [-0.15, -0.1) is 0 Å². The van der Waals surface area contributed by atoms with Crippen molar-refractivity contribution < 1.29 is 5.11 Å². The Kier molecular flexibility index (Phi) is 5.62. The van der Waals surface area contributed by atoms with Gasteiger partial charge in [-0.1, -0.05) is 26.7 Å². The first-order valence-corrected chi connectivity index (χ1v) is 6.61. The SMILES string of the molecule is CCCC1CCN(C(C)C(O)CC)CC1. The molecular weight excluding hydrogens is 186 g/mol. The highest BCUT2D eigenvalue weighted by Crippen LogP contribution is 2.23. The molecule has 1 aliphatic heterocycles. The van der Waals surface area contributed by atoms with Gasteiger partial charge in [-0.05, 0) is 45.2 Å². The summed E-state index contributed by atoms with van der Waals surface area (Å²) in [5.41, 5.74) is 0. The van der Waals surface area contributed by atoms with E-state index in [1.54, 1.807) is 0 Å². The van der Waals surface area contributed by atoms with E-state index in [0.717, 1.165) is 12.3 Å². The van der Waals surface area contributed by atoms with E-state index in [1.807, 2.05) is 0 Å². The minimum absolute atomic E-state index is 0.146. The van der Waals surface area contributed by atoms with Crippen LogP contribution in [0.15, 0.2) is 0 Å². The van der Waals surface area contributed by atoms with Crippen LogP contribution in [-0.2, 0) is 0 Å². The summed E-state index contributed by atoms with van der Waals surface area (Å²) in [6, 6.07) is 0.345. The molecule has 2 heteroatoms. The zero-order chi connectivity index (χ0) is 11.3. The van der Waals surface area contributed by atoms with Gasteiger partial charge >= 0.3 is 0 Å². The number of rotatable bonds is 5. The molecule has 0 aliphatic carbocycles. The number of piperidine rings is 1. The van der Waals surface area contributed by atoms with Gasteiger partial charge in [-0.25, -0.2) is 0 Å². The molecule has 0 aromatic rings. The summed E-state index contributed by atoms with van der Waals surface area (Å²) in [6.07, 6.45) is 6.09. The second-order valence-corrected chi connectivity index (χ2v) is 4.98. The summed E-state index contributed by atoms with van der Waals surface area (Å²) in [6.45, 7) is 8.86. The van der Waals surface area contributed by atoms with Crippen LogP contribution in [0.2, 0.25) is 0 Å². The molecule has 1 fully saturated rings. The van der Waals surface area contributed by atoms with Gasteiger partial charge in [0.2, 0.25) is 0 Å². The molecule has 0 spiro atoms. The summed E-state index contributed by atoms with van der Waals surface area (Å²) in [7, 11) is 0. The van der Waals surface area contributed by atoms with Crippen molar-refractivity contribution in [2.45, 2.75) is 65.0 Å². The van der Waals surface area contributed by atoms with Crippen molar-refractivity contribution in [1.82, 2.24) is 4.90 Å². The maximum Gasteiger partial charge on any atom is 0.0690 e. The molecule has 0 saturated carbocycles. The standard InChI is InChI=1S/C13H27NO/c1-4-6-12-7-9-14(10-8-12)11(3)13(15)5-2/h11-13,15H,4-10H2,1-3H3. The summed E-state index contributed by atoms with van der Waals surface area (Å²) >= 11 is 0. The third-order valence-corrected chi connectivity index (χ3v) is 3.90. The number of aliphatic hydroxyl groups excluding tert-OH is 1. The molecule has 90 valence electrons. The average Bonchev–Trinajstić information content (AvgIpc) is 2.28. The van der Waals surface area contributed by atoms with Gasteiger partial charge in [0.05, 0.1) is 6.10 Å². The molecule has 0 radical (unpaired) electrons. The molecule has 1 saturated heterocycles. The highest BCUT2D eigenvalue weighted by molar-refractivity contribution is 4.79. The fourth-order valence-electron chi connectivity index (χ4n) is 2.64. The first-order chi connectivity index (χ1) is 7.19. The van der Waals surface area contributed by atoms with E-state index in [1.165, 1.54) is 38.8 Å². The average molecular weight is 213 g/mol. The predicted octanol–water partition coefficient (Wildman–Crippen LogP) is 2.66. The van der Waals surface area contributed by atoms with Crippen molar-refractivity contribution in [3.63, 3.8) is 0 Å². The maximum absolute atomic E-state index is 9.81. The van der Waals surface area contributed by atoms with E-state index >= 15 is 0 Å². The molecule has 2 nitrogen and oxygen atoms in total. The lowest BCUT2D eigenvalue weighted by Crippen LogP contribution is -2.45. The van der Waals surface area contributed by atoms with Gasteiger partial charge in [0.15, 0.2) is 0 Å². The first-order valence-electron chi connectivity index (χ1n) is 6.61. The molecule has 0 bridgehead atoms. The number of aliphatic hydroxyl groups is 1. The Morgan fingerprint density at radius 1 is 1.27 bits per heavy atom. The molecule has 1 rings (SSSR count). The summed E-state index contributed by atoms with van der Waals surface area (Å²) in [5, 5.41) is 9.81. The molecule has 0 aromatic carbocycles. The Hall–Kier alpha value is -0.0800. The van der Waals surface area contributed by atoms with Crippen molar-refractivity contribution >= 4 is 0 Å². The van der Waals surface area contributed by atoms with Crippen LogP contribution in [0.5, 0.6) is 0 Å². The van der Waals surface area contributed by atoms with Crippen LogP contribution < -0.4 is 0 Å². The lowest BCUT2D eigenvalue weighted by molar-refractivity contribution is 0.0353. The van der Waals surface area contributed by atoms with Crippen molar-refractivity contribution in [3.8, 4) is 0 Å². The summed E-state index contributed by atoms with van der Waals surface area (Å²) in [4.78, 5) is 2.46. The molecule has 1 N–H and O–H groups in total. The fourth-order valence-corrected chi connectivity index (χ4v) is 2.64. The fraction of sp³-hybridized carbons (Fsp3) is 1.00. The number of hydrogen-bond donors (Lipinski definition) is 1. The minimum atomic E-state index is -0.146. The lowest BCUT2D eigenvalue weighted by Gasteiger charge is -2.37. The van der Waals surface area contributed by atoms with Crippen LogP contribution in [-0.4, -0.2) is 35.2 Å². The van der Waals surface area contributed by atoms with Crippen molar-refractivity contribution in [3.05, 3.63) is 0 Å². The molecule has 15 heavy (non-hydrogen) atoms. The Bertz CT molecular complexity index is 164. The first kappa shape index (κ1) is 13.0.